The maximum atomic E-state index is 13.8. The molecule has 1 N–H and O–H groups in total. The van der Waals surface area contributed by atoms with Gasteiger partial charge < -0.3 is 14.3 Å². The Morgan fingerprint density at radius 3 is 2.60 bits per heavy atom. The summed E-state index contributed by atoms with van der Waals surface area (Å²) in [4.78, 5) is 21.5. The summed E-state index contributed by atoms with van der Waals surface area (Å²) in [6.45, 7) is 4.38. The van der Waals surface area contributed by atoms with Crippen LogP contribution < -0.4 is 4.74 Å². The Morgan fingerprint density at radius 1 is 1.06 bits per heavy atom. The van der Waals surface area contributed by atoms with Gasteiger partial charge in [-0.2, -0.15) is 0 Å². The number of fused-ring (bicyclic) bond motifs is 2. The SMILES string of the molecule is COc1ccc(-c2ccc3c(C(=O)c4ccn5c4C(C)(C)SC5c4cccnc4)c[nH]c3c2)cc1. The van der Waals surface area contributed by atoms with Gasteiger partial charge in [0.1, 0.15) is 11.1 Å². The molecule has 174 valence electrons. The van der Waals surface area contributed by atoms with E-state index in [4.69, 9.17) is 4.74 Å². The molecule has 1 aliphatic rings. The Morgan fingerprint density at radius 2 is 1.86 bits per heavy atom. The van der Waals surface area contributed by atoms with Gasteiger partial charge >= 0.3 is 0 Å². The highest BCUT2D eigenvalue weighted by atomic mass is 32.2. The highest BCUT2D eigenvalue weighted by Crippen LogP contribution is 2.54. The predicted octanol–water partition coefficient (Wildman–Crippen LogP) is 6.80. The number of aromatic amines is 1. The molecule has 6 heteroatoms. The van der Waals surface area contributed by atoms with E-state index in [1.54, 1.807) is 13.3 Å². The predicted molar refractivity (Wildman–Crippen MR) is 141 cm³/mol. The van der Waals surface area contributed by atoms with Crippen LogP contribution in [-0.2, 0) is 4.75 Å². The third-order valence-electron chi connectivity index (χ3n) is 6.71. The summed E-state index contributed by atoms with van der Waals surface area (Å²) in [5.74, 6) is 0.872. The van der Waals surface area contributed by atoms with Gasteiger partial charge in [-0.05, 0) is 55.3 Å². The van der Waals surface area contributed by atoms with Gasteiger partial charge in [0.15, 0.2) is 5.78 Å². The lowest BCUT2D eigenvalue weighted by atomic mass is 9.96. The number of thioether (sulfide) groups is 1. The Labute approximate surface area is 208 Å². The van der Waals surface area contributed by atoms with Crippen molar-refractivity contribution in [3.63, 3.8) is 0 Å². The molecule has 0 saturated heterocycles. The topological polar surface area (TPSA) is 59.9 Å². The molecule has 0 amide bonds. The van der Waals surface area contributed by atoms with Crippen molar-refractivity contribution in [3.8, 4) is 16.9 Å². The number of nitrogens with one attached hydrogen (secondary N) is 1. The number of rotatable bonds is 5. The van der Waals surface area contributed by atoms with Crippen LogP contribution in [0.4, 0.5) is 0 Å². The second kappa shape index (κ2) is 8.17. The Kier molecular flexibility index (Phi) is 5.07. The van der Waals surface area contributed by atoms with Crippen LogP contribution in [0.15, 0.2) is 85.5 Å². The average molecular weight is 480 g/mol. The van der Waals surface area contributed by atoms with Crippen molar-refractivity contribution >= 4 is 28.4 Å². The first kappa shape index (κ1) is 21.7. The molecule has 1 aliphatic heterocycles. The lowest BCUT2D eigenvalue weighted by molar-refractivity contribution is 0.103. The van der Waals surface area contributed by atoms with Gasteiger partial charge in [-0.3, -0.25) is 9.78 Å². The summed E-state index contributed by atoms with van der Waals surface area (Å²) < 4.78 is 7.29. The lowest BCUT2D eigenvalue weighted by Crippen LogP contribution is -2.14. The fourth-order valence-electron chi connectivity index (χ4n) is 5.03. The number of ether oxygens (including phenoxy) is 1. The van der Waals surface area contributed by atoms with E-state index in [-0.39, 0.29) is 15.9 Å². The molecule has 5 nitrogen and oxygen atoms in total. The number of nitrogens with zero attached hydrogens (tertiary/aromatic N) is 2. The van der Waals surface area contributed by atoms with Gasteiger partial charge in [0.05, 0.1) is 11.9 Å². The van der Waals surface area contributed by atoms with Crippen molar-refractivity contribution in [3.05, 3.63) is 108 Å². The number of hydrogen-bond donors (Lipinski definition) is 1. The van der Waals surface area contributed by atoms with Gasteiger partial charge in [-0.25, -0.2) is 0 Å². The zero-order chi connectivity index (χ0) is 24.2. The summed E-state index contributed by atoms with van der Waals surface area (Å²) >= 11 is 1.84. The minimum absolute atomic E-state index is 0.0442. The molecule has 0 fully saturated rings. The molecular formula is C29H25N3O2S. The highest BCUT2D eigenvalue weighted by molar-refractivity contribution is 8.00. The molecule has 0 aliphatic carbocycles. The van der Waals surface area contributed by atoms with Crippen LogP contribution in [0.3, 0.4) is 0 Å². The number of hydrogen-bond acceptors (Lipinski definition) is 4. The van der Waals surface area contributed by atoms with E-state index in [1.807, 2.05) is 72.8 Å². The third-order valence-corrected chi connectivity index (χ3v) is 8.21. The highest BCUT2D eigenvalue weighted by Gasteiger charge is 2.41. The van der Waals surface area contributed by atoms with Crippen LogP contribution in [0.5, 0.6) is 5.75 Å². The van der Waals surface area contributed by atoms with Crippen molar-refractivity contribution in [2.75, 3.05) is 7.11 Å². The van der Waals surface area contributed by atoms with Gasteiger partial charge in [0, 0.05) is 58.1 Å². The molecular weight excluding hydrogens is 454 g/mol. The molecule has 4 heterocycles. The lowest BCUT2D eigenvalue weighted by Gasteiger charge is -2.18. The standard InChI is InChI=1S/C29H25N3O2S/c1-29(2)27-23(12-14-32(27)28(35-29)20-5-4-13-30-16-20)26(33)24-17-31-25-15-19(8-11-22(24)25)18-6-9-21(34-3)10-7-18/h4-17,28,31H,1-3H3. The molecule has 0 bridgehead atoms. The van der Waals surface area contributed by atoms with E-state index >= 15 is 0 Å². The summed E-state index contributed by atoms with van der Waals surface area (Å²) in [6, 6.07) is 20.2. The van der Waals surface area contributed by atoms with E-state index in [2.05, 4.69) is 46.6 Å². The summed E-state index contributed by atoms with van der Waals surface area (Å²) in [7, 11) is 1.66. The zero-order valence-corrected chi connectivity index (χ0v) is 20.6. The molecule has 2 aromatic carbocycles. The van der Waals surface area contributed by atoms with Gasteiger partial charge in [0.25, 0.3) is 0 Å². The summed E-state index contributed by atoms with van der Waals surface area (Å²) in [5, 5.41) is 1.03. The van der Waals surface area contributed by atoms with Crippen LogP contribution in [0.25, 0.3) is 22.0 Å². The minimum Gasteiger partial charge on any atom is -0.497 e. The quantitative estimate of drug-likeness (QED) is 0.282. The zero-order valence-electron chi connectivity index (χ0n) is 19.8. The van der Waals surface area contributed by atoms with E-state index < -0.39 is 0 Å². The summed E-state index contributed by atoms with van der Waals surface area (Å²) in [6.07, 6.45) is 7.57. The number of benzene rings is 2. The maximum Gasteiger partial charge on any atom is 0.197 e. The van der Waals surface area contributed by atoms with Gasteiger partial charge in [0.2, 0.25) is 0 Å². The molecule has 0 spiro atoms. The fourth-order valence-corrected chi connectivity index (χ4v) is 6.48. The van der Waals surface area contributed by atoms with Crippen LogP contribution in [0.1, 0.15) is 46.4 Å². The van der Waals surface area contributed by atoms with E-state index in [9.17, 15) is 4.79 Å². The number of pyridine rings is 1. The number of carbonyl (C=O) groups is 1. The molecule has 0 radical (unpaired) electrons. The molecule has 5 aromatic rings. The van der Waals surface area contributed by atoms with Crippen LogP contribution >= 0.6 is 11.8 Å². The van der Waals surface area contributed by atoms with E-state index in [0.29, 0.717) is 5.56 Å². The first-order valence-electron chi connectivity index (χ1n) is 11.6. The maximum absolute atomic E-state index is 13.8. The van der Waals surface area contributed by atoms with Crippen molar-refractivity contribution in [2.45, 2.75) is 24.0 Å². The molecule has 35 heavy (non-hydrogen) atoms. The Bertz CT molecular complexity index is 1550. The van der Waals surface area contributed by atoms with E-state index in [1.165, 1.54) is 0 Å². The molecule has 1 unspecified atom stereocenters. The molecule has 1 atom stereocenters. The van der Waals surface area contributed by atoms with Crippen LogP contribution in [-0.4, -0.2) is 27.4 Å². The van der Waals surface area contributed by atoms with Crippen molar-refractivity contribution in [1.82, 2.24) is 14.5 Å². The van der Waals surface area contributed by atoms with Gasteiger partial charge in [-0.1, -0.05) is 30.3 Å². The normalized spacial score (nSPS) is 16.4. The van der Waals surface area contributed by atoms with Crippen LogP contribution in [0, 0.1) is 0 Å². The summed E-state index contributed by atoms with van der Waals surface area (Å²) in [5.41, 5.74) is 6.78. The number of H-pyrrole nitrogens is 1. The number of ketones is 1. The monoisotopic (exact) mass is 479 g/mol. The van der Waals surface area contributed by atoms with Crippen molar-refractivity contribution in [1.29, 1.82) is 0 Å². The second-order valence-electron chi connectivity index (χ2n) is 9.27. The molecule has 3 aromatic heterocycles. The van der Waals surface area contributed by atoms with Crippen LogP contribution in [0.2, 0.25) is 0 Å². The van der Waals surface area contributed by atoms with Gasteiger partial charge in [-0.15, -0.1) is 11.8 Å². The Balaban J connectivity index is 1.37. The van der Waals surface area contributed by atoms with E-state index in [0.717, 1.165) is 44.6 Å². The molecule has 6 rings (SSSR count). The molecule has 0 saturated carbocycles. The number of methoxy groups -OCH3 is 1. The number of aromatic nitrogens is 3. The second-order valence-corrected chi connectivity index (χ2v) is 11.0. The first-order chi connectivity index (χ1) is 17.0. The first-order valence-corrected chi connectivity index (χ1v) is 12.4. The third kappa shape index (κ3) is 3.56. The average Bonchev–Trinajstić information content (AvgIpc) is 3.58. The smallest absolute Gasteiger partial charge is 0.197 e. The fraction of sp³-hybridized carbons (Fsp3) is 0.172. The minimum atomic E-state index is -0.206. The Hall–Kier alpha value is -3.77. The van der Waals surface area contributed by atoms with Crippen molar-refractivity contribution in [2.24, 2.45) is 0 Å². The largest absolute Gasteiger partial charge is 0.497 e. The number of carbonyl (C=O) groups excluding carboxylic acids is 1. The van der Waals surface area contributed by atoms with Crippen molar-refractivity contribution < 1.29 is 9.53 Å².